The van der Waals surface area contributed by atoms with Gasteiger partial charge in [-0.1, -0.05) is 56.3 Å². The van der Waals surface area contributed by atoms with Crippen LogP contribution in [0.4, 0.5) is 5.69 Å². The van der Waals surface area contributed by atoms with Crippen molar-refractivity contribution in [3.05, 3.63) is 83.1 Å². The van der Waals surface area contributed by atoms with Crippen LogP contribution >= 0.6 is 23.4 Å². The molecule has 1 heterocycles. The van der Waals surface area contributed by atoms with Gasteiger partial charge in [0.05, 0.1) is 21.3 Å². The van der Waals surface area contributed by atoms with Gasteiger partial charge in [-0.25, -0.2) is 13.4 Å². The summed E-state index contributed by atoms with van der Waals surface area (Å²) in [6.07, 6.45) is 3.00. The van der Waals surface area contributed by atoms with Crippen molar-refractivity contribution < 1.29 is 17.6 Å². The molecule has 0 aliphatic heterocycles. The Bertz CT molecular complexity index is 1430. The Morgan fingerprint density at radius 3 is 2.61 bits per heavy atom. The molecule has 0 amide bonds. The lowest BCUT2D eigenvalue weighted by Gasteiger charge is -2.12. The molecule has 0 saturated carbocycles. The molecule has 2 aromatic carbocycles. The van der Waals surface area contributed by atoms with Crippen LogP contribution in [0, 0.1) is 0 Å². The zero-order valence-corrected chi connectivity index (χ0v) is 22.7. The van der Waals surface area contributed by atoms with Gasteiger partial charge in [0.2, 0.25) is 5.89 Å². The number of nitrogens with zero attached hydrogens (tertiary/aromatic N) is 3. The van der Waals surface area contributed by atoms with Crippen molar-refractivity contribution in [1.82, 2.24) is 10.2 Å². The van der Waals surface area contributed by atoms with E-state index in [1.807, 2.05) is 30.5 Å². The third-order valence-corrected chi connectivity index (χ3v) is 6.87. The summed E-state index contributed by atoms with van der Waals surface area (Å²) in [5, 5.41) is 8.26. The van der Waals surface area contributed by atoms with Gasteiger partial charge in [-0.2, -0.15) is 0 Å². The van der Waals surface area contributed by atoms with Gasteiger partial charge in [-0.05, 0) is 42.0 Å². The first kappa shape index (κ1) is 27.5. The normalized spacial score (nSPS) is 13.0. The first-order valence-corrected chi connectivity index (χ1v) is 14.5. The van der Waals surface area contributed by atoms with E-state index in [1.54, 1.807) is 12.1 Å². The lowest BCUT2D eigenvalue weighted by molar-refractivity contribution is 0.283. The third kappa shape index (κ3) is 6.57. The van der Waals surface area contributed by atoms with E-state index in [9.17, 15) is 8.42 Å². The second-order valence-corrected chi connectivity index (χ2v) is 11.3. The van der Waals surface area contributed by atoms with Gasteiger partial charge >= 0.3 is 0 Å². The fraction of sp³-hybridized carbons (Fsp3) is 0.240. The van der Waals surface area contributed by atoms with Crippen LogP contribution in [0.5, 0.6) is 0 Å². The molecule has 1 aromatic heterocycles. The van der Waals surface area contributed by atoms with Crippen LogP contribution in [0.1, 0.15) is 31.2 Å². The van der Waals surface area contributed by atoms with Gasteiger partial charge in [-0.15, -0.1) is 22.0 Å². The number of aromatic nitrogens is 2. The van der Waals surface area contributed by atoms with Gasteiger partial charge in [0, 0.05) is 11.8 Å². The highest BCUT2D eigenvalue weighted by Gasteiger charge is 2.22. The van der Waals surface area contributed by atoms with E-state index in [4.69, 9.17) is 31.5 Å². The van der Waals surface area contributed by atoms with Gasteiger partial charge < -0.3 is 14.9 Å². The molecule has 0 unspecified atom stereocenters. The minimum absolute atomic E-state index is 0.000987. The summed E-state index contributed by atoms with van der Waals surface area (Å²) in [4.78, 5) is 4.88. The Hall–Kier alpha value is -3.08. The van der Waals surface area contributed by atoms with E-state index in [-0.39, 0.29) is 44.8 Å². The summed E-state index contributed by atoms with van der Waals surface area (Å²) in [7, 11) is -3.42. The van der Waals surface area contributed by atoms with Crippen LogP contribution in [-0.4, -0.2) is 42.8 Å². The van der Waals surface area contributed by atoms with Gasteiger partial charge in [0.25, 0.3) is 5.89 Å². The molecule has 8 nitrogen and oxygen atoms in total. The lowest BCUT2D eigenvalue weighted by Crippen LogP contribution is -2.12. The number of hydrogen-bond donors (Lipinski definition) is 1. The van der Waals surface area contributed by atoms with E-state index < -0.39 is 9.84 Å². The number of thioether (sulfide) groups is 1. The molecule has 0 radical (unpaired) electrons. The number of sulfone groups is 1. The smallest absolute Gasteiger partial charge is 0.268 e. The Kier molecular flexibility index (Phi) is 8.99. The van der Waals surface area contributed by atoms with Crippen molar-refractivity contribution in [2.24, 2.45) is 10.7 Å². The maximum atomic E-state index is 12.0. The summed E-state index contributed by atoms with van der Waals surface area (Å²) < 4.78 is 35.4. The SMILES string of the molecule is C=C(OCSC)C(N)=C(Cl)C(=Nc1ccccc1C(C)C)c1nnc(-c2cccc(S(C)(=O)=O)c2)o1. The van der Waals surface area contributed by atoms with Crippen molar-refractivity contribution >= 4 is 44.6 Å². The zero-order valence-electron chi connectivity index (χ0n) is 20.4. The van der Waals surface area contributed by atoms with Gasteiger partial charge in [0.15, 0.2) is 9.84 Å². The summed E-state index contributed by atoms with van der Waals surface area (Å²) in [5.41, 5.74) is 8.53. The second kappa shape index (κ2) is 11.8. The van der Waals surface area contributed by atoms with Crippen LogP contribution in [0.2, 0.25) is 0 Å². The number of ether oxygens (including phenoxy) is 1. The Labute approximate surface area is 220 Å². The highest BCUT2D eigenvalue weighted by atomic mass is 35.5. The predicted octanol–water partition coefficient (Wildman–Crippen LogP) is 5.64. The Morgan fingerprint density at radius 2 is 1.94 bits per heavy atom. The largest absolute Gasteiger partial charge is 0.481 e. The molecule has 190 valence electrons. The van der Waals surface area contributed by atoms with Crippen molar-refractivity contribution in [3.8, 4) is 11.5 Å². The van der Waals surface area contributed by atoms with E-state index in [2.05, 4.69) is 30.6 Å². The maximum absolute atomic E-state index is 12.0. The van der Waals surface area contributed by atoms with Crippen molar-refractivity contribution in [1.29, 1.82) is 0 Å². The van der Waals surface area contributed by atoms with E-state index >= 15 is 0 Å². The van der Waals surface area contributed by atoms with E-state index in [0.29, 0.717) is 17.2 Å². The molecule has 0 atom stereocenters. The molecule has 0 aliphatic carbocycles. The van der Waals surface area contributed by atoms with Crippen LogP contribution in [0.15, 0.2) is 85.9 Å². The first-order valence-electron chi connectivity index (χ1n) is 10.8. The number of aliphatic imine (C=N–C) groups is 1. The zero-order chi connectivity index (χ0) is 26.5. The van der Waals surface area contributed by atoms with Crippen molar-refractivity contribution in [3.63, 3.8) is 0 Å². The monoisotopic (exact) mass is 546 g/mol. The fourth-order valence-electron chi connectivity index (χ4n) is 3.14. The van der Waals surface area contributed by atoms with Gasteiger partial charge in [0.1, 0.15) is 17.4 Å². The van der Waals surface area contributed by atoms with E-state index in [0.717, 1.165) is 11.8 Å². The summed E-state index contributed by atoms with van der Waals surface area (Å²) in [5.74, 6) is 0.802. The Balaban J connectivity index is 2.16. The molecule has 2 N–H and O–H groups in total. The van der Waals surface area contributed by atoms with Crippen LogP contribution < -0.4 is 5.73 Å². The average molecular weight is 547 g/mol. The maximum Gasteiger partial charge on any atom is 0.268 e. The number of para-hydroxylation sites is 1. The summed E-state index contributed by atoms with van der Waals surface area (Å²) in [6, 6.07) is 13.8. The topological polar surface area (TPSA) is 121 Å². The molecule has 3 rings (SSSR count). The third-order valence-electron chi connectivity index (χ3n) is 5.02. The first-order chi connectivity index (χ1) is 17.0. The van der Waals surface area contributed by atoms with Gasteiger partial charge in [-0.3, -0.25) is 0 Å². The molecule has 0 saturated heterocycles. The number of rotatable bonds is 10. The van der Waals surface area contributed by atoms with E-state index in [1.165, 1.54) is 23.9 Å². The Morgan fingerprint density at radius 1 is 1.22 bits per heavy atom. The summed E-state index contributed by atoms with van der Waals surface area (Å²) >= 11 is 8.15. The molecule has 0 spiro atoms. The highest BCUT2D eigenvalue weighted by Crippen LogP contribution is 2.30. The number of nitrogens with two attached hydrogens (primary N) is 1. The molecular weight excluding hydrogens is 520 g/mol. The highest BCUT2D eigenvalue weighted by molar-refractivity contribution is 7.98. The molecule has 3 aromatic rings. The summed E-state index contributed by atoms with van der Waals surface area (Å²) in [6.45, 7) is 7.95. The number of hydrogen-bond acceptors (Lipinski definition) is 9. The molecule has 0 aliphatic rings. The lowest BCUT2D eigenvalue weighted by atomic mass is 10.0. The van der Waals surface area contributed by atoms with Crippen LogP contribution in [0.25, 0.3) is 11.5 Å². The predicted molar refractivity (Wildman–Crippen MR) is 145 cm³/mol. The molecule has 36 heavy (non-hydrogen) atoms. The molecule has 0 bridgehead atoms. The quantitative estimate of drug-likeness (QED) is 0.150. The number of allylic oxidation sites excluding steroid dienone is 1. The fourth-order valence-corrected chi connectivity index (χ4v) is 4.30. The van der Waals surface area contributed by atoms with Crippen molar-refractivity contribution in [2.45, 2.75) is 24.7 Å². The van der Waals surface area contributed by atoms with Crippen molar-refractivity contribution in [2.75, 3.05) is 18.5 Å². The number of halogens is 1. The molecular formula is C25H27ClN4O4S2. The van der Waals surface area contributed by atoms with Crippen LogP contribution in [-0.2, 0) is 14.6 Å². The van der Waals surface area contributed by atoms with Crippen LogP contribution in [0.3, 0.4) is 0 Å². The standard InChI is InChI=1S/C25H27ClN4O4S2/c1-15(2)19-11-6-7-12-20(19)28-23(21(26)22(27)16(3)33-14-35-4)25-30-29-24(34-25)17-9-8-10-18(13-17)36(5,31)32/h6-13,15H,3,14,27H2,1-2,4-5H3. The second-order valence-electron chi connectivity index (χ2n) is 8.09. The number of benzene rings is 2. The minimum Gasteiger partial charge on any atom is -0.481 e. The molecule has 0 fully saturated rings. The minimum atomic E-state index is -3.42. The molecule has 11 heteroatoms. The average Bonchev–Trinajstić information content (AvgIpc) is 3.34.